The highest BCUT2D eigenvalue weighted by molar-refractivity contribution is 7.18. The highest BCUT2D eigenvalue weighted by Gasteiger charge is 2.39. The number of hydrogen-bond donors (Lipinski definition) is 0. The van der Waals surface area contributed by atoms with Crippen molar-refractivity contribution in [3.8, 4) is 0 Å². The first kappa shape index (κ1) is 24.5. The normalized spacial score (nSPS) is 13.9. The van der Waals surface area contributed by atoms with Crippen molar-refractivity contribution in [2.75, 3.05) is 0 Å². The summed E-state index contributed by atoms with van der Waals surface area (Å²) in [5.74, 6) is 0. The predicted octanol–water partition coefficient (Wildman–Crippen LogP) is 7.31. The van der Waals surface area contributed by atoms with Crippen LogP contribution in [0.5, 0.6) is 0 Å². The van der Waals surface area contributed by atoms with Crippen molar-refractivity contribution >= 4 is 38.1 Å². The molecule has 1 heterocycles. The summed E-state index contributed by atoms with van der Waals surface area (Å²) < 4.78 is 14.0. The fourth-order valence-corrected chi connectivity index (χ4v) is 5.48. The van der Waals surface area contributed by atoms with E-state index in [0.29, 0.717) is 13.2 Å². The molecule has 2 aromatic rings. The third kappa shape index (κ3) is 5.47. The lowest BCUT2D eigenvalue weighted by molar-refractivity contribution is 0.259. The first-order valence-corrected chi connectivity index (χ1v) is 17.0. The van der Waals surface area contributed by atoms with Crippen molar-refractivity contribution in [1.82, 2.24) is 0 Å². The van der Waals surface area contributed by atoms with E-state index in [1.54, 1.807) is 11.3 Å². The van der Waals surface area contributed by atoms with E-state index in [9.17, 15) is 4.79 Å². The smallest absolute Gasteiger partial charge is 0.193 e. The molecular formula is C23H38O3SSi2. The molecule has 0 aliphatic carbocycles. The van der Waals surface area contributed by atoms with Gasteiger partial charge < -0.3 is 8.85 Å². The van der Waals surface area contributed by atoms with Crippen LogP contribution in [-0.4, -0.2) is 16.6 Å². The van der Waals surface area contributed by atoms with Gasteiger partial charge in [-0.15, -0.1) is 11.3 Å². The van der Waals surface area contributed by atoms with Crippen molar-refractivity contribution in [2.24, 2.45) is 0 Å². The third-order valence-electron chi connectivity index (χ3n) is 6.73. The van der Waals surface area contributed by atoms with E-state index in [2.05, 4.69) is 67.7 Å². The van der Waals surface area contributed by atoms with Gasteiger partial charge in [0.2, 0.25) is 0 Å². The molecule has 0 saturated heterocycles. The Labute approximate surface area is 182 Å². The average molecular weight is 451 g/mol. The largest absolute Gasteiger partial charge is 0.412 e. The van der Waals surface area contributed by atoms with Crippen LogP contribution in [0, 0.1) is 0 Å². The van der Waals surface area contributed by atoms with Crippen molar-refractivity contribution in [3.63, 3.8) is 0 Å². The minimum Gasteiger partial charge on any atom is -0.412 e. The Morgan fingerprint density at radius 2 is 1.31 bits per heavy atom. The molecule has 2 rings (SSSR count). The van der Waals surface area contributed by atoms with E-state index in [1.807, 2.05) is 24.3 Å². The van der Waals surface area contributed by atoms with Gasteiger partial charge in [0, 0.05) is 20.5 Å². The standard InChI is InChI=1S/C23H38O3SSi2/c1-22(2,3)28(7,8)25-15-18-20(16-26-29(9,10)23(4,5)6)27-19-14-12-11-13-17(19)21(18)24/h11-14H,15-16H2,1-10H3. The Morgan fingerprint density at radius 1 is 0.828 bits per heavy atom. The molecule has 0 atom stereocenters. The summed E-state index contributed by atoms with van der Waals surface area (Å²) in [6.07, 6.45) is 0. The second kappa shape index (κ2) is 8.38. The molecule has 0 unspecified atom stereocenters. The number of fused-ring (bicyclic) bond motifs is 1. The van der Waals surface area contributed by atoms with Gasteiger partial charge in [0.25, 0.3) is 0 Å². The van der Waals surface area contributed by atoms with Gasteiger partial charge in [-0.3, -0.25) is 4.79 Å². The fraction of sp³-hybridized carbons (Fsp3) is 0.609. The van der Waals surface area contributed by atoms with Gasteiger partial charge in [-0.2, -0.15) is 0 Å². The highest BCUT2D eigenvalue weighted by Crippen LogP contribution is 2.39. The summed E-state index contributed by atoms with van der Waals surface area (Å²) in [6.45, 7) is 23.2. The Kier molecular flexibility index (Phi) is 7.07. The van der Waals surface area contributed by atoms with Crippen LogP contribution in [0.15, 0.2) is 29.1 Å². The molecule has 0 amide bonds. The van der Waals surface area contributed by atoms with Crippen LogP contribution in [-0.2, 0) is 22.1 Å². The molecular weight excluding hydrogens is 412 g/mol. The maximum Gasteiger partial charge on any atom is 0.193 e. The SMILES string of the molecule is CC(C)(C)[Si](C)(C)OCc1sc2ccccc2c(=O)c1CO[Si](C)(C)C(C)(C)C. The fourth-order valence-electron chi connectivity index (χ4n) is 2.42. The summed E-state index contributed by atoms with van der Waals surface area (Å²) in [5.41, 5.74) is 0.865. The molecule has 0 N–H and O–H groups in total. The van der Waals surface area contributed by atoms with Crippen LogP contribution >= 0.6 is 11.3 Å². The number of rotatable bonds is 6. The Hall–Kier alpha value is -0.796. The molecule has 0 bridgehead atoms. The molecule has 6 heteroatoms. The van der Waals surface area contributed by atoms with Crippen molar-refractivity contribution in [1.29, 1.82) is 0 Å². The molecule has 162 valence electrons. The monoisotopic (exact) mass is 450 g/mol. The van der Waals surface area contributed by atoms with E-state index >= 15 is 0 Å². The van der Waals surface area contributed by atoms with Crippen LogP contribution in [0.4, 0.5) is 0 Å². The van der Waals surface area contributed by atoms with Crippen LogP contribution in [0.1, 0.15) is 52.0 Å². The second-order valence-corrected chi connectivity index (χ2v) is 21.7. The summed E-state index contributed by atoms with van der Waals surface area (Å²) in [6, 6.07) is 7.86. The van der Waals surface area contributed by atoms with Gasteiger partial charge in [0.1, 0.15) is 0 Å². The van der Waals surface area contributed by atoms with E-state index in [0.717, 1.165) is 20.5 Å². The van der Waals surface area contributed by atoms with E-state index in [4.69, 9.17) is 8.85 Å². The predicted molar refractivity (Wildman–Crippen MR) is 132 cm³/mol. The molecule has 1 aromatic carbocycles. The molecule has 0 saturated carbocycles. The van der Waals surface area contributed by atoms with Gasteiger partial charge >= 0.3 is 0 Å². The van der Waals surface area contributed by atoms with Gasteiger partial charge in [0.05, 0.1) is 13.2 Å². The van der Waals surface area contributed by atoms with Crippen LogP contribution in [0.2, 0.25) is 36.3 Å². The van der Waals surface area contributed by atoms with Gasteiger partial charge in [-0.1, -0.05) is 53.7 Å². The second-order valence-electron chi connectivity index (χ2n) is 10.9. The Bertz CT molecular complexity index is 918. The summed E-state index contributed by atoms with van der Waals surface area (Å²) in [5, 5.41) is 1.02. The first-order valence-electron chi connectivity index (χ1n) is 10.4. The summed E-state index contributed by atoms with van der Waals surface area (Å²) in [7, 11) is -3.87. The summed E-state index contributed by atoms with van der Waals surface area (Å²) in [4.78, 5) is 14.3. The molecule has 0 aliphatic rings. The van der Waals surface area contributed by atoms with E-state index in [1.165, 1.54) is 0 Å². The molecule has 0 spiro atoms. The zero-order chi connectivity index (χ0) is 22.3. The van der Waals surface area contributed by atoms with Gasteiger partial charge in [-0.25, -0.2) is 0 Å². The topological polar surface area (TPSA) is 35.5 Å². The van der Waals surface area contributed by atoms with Crippen LogP contribution in [0.3, 0.4) is 0 Å². The van der Waals surface area contributed by atoms with Gasteiger partial charge in [-0.05, 0) is 48.4 Å². The highest BCUT2D eigenvalue weighted by atomic mass is 32.1. The summed E-state index contributed by atoms with van der Waals surface area (Å²) >= 11 is 1.67. The molecule has 0 fully saturated rings. The van der Waals surface area contributed by atoms with Crippen LogP contribution in [0.25, 0.3) is 10.1 Å². The Morgan fingerprint density at radius 3 is 1.83 bits per heavy atom. The molecule has 29 heavy (non-hydrogen) atoms. The molecule has 1 aromatic heterocycles. The minimum absolute atomic E-state index is 0.0897. The maximum absolute atomic E-state index is 13.3. The lowest BCUT2D eigenvalue weighted by Crippen LogP contribution is -2.41. The maximum atomic E-state index is 13.3. The third-order valence-corrected chi connectivity index (χ3v) is 16.9. The molecule has 0 aliphatic heterocycles. The van der Waals surface area contributed by atoms with Crippen LogP contribution < -0.4 is 5.43 Å². The van der Waals surface area contributed by atoms with Gasteiger partial charge in [0.15, 0.2) is 22.1 Å². The molecule has 3 nitrogen and oxygen atoms in total. The minimum atomic E-state index is -1.96. The number of hydrogen-bond acceptors (Lipinski definition) is 4. The zero-order valence-electron chi connectivity index (χ0n) is 19.9. The Balaban J connectivity index is 2.45. The van der Waals surface area contributed by atoms with E-state index in [-0.39, 0.29) is 15.5 Å². The first-order chi connectivity index (χ1) is 13.1. The number of benzene rings is 1. The lowest BCUT2D eigenvalue weighted by atomic mass is 10.2. The molecule has 0 radical (unpaired) electrons. The zero-order valence-corrected chi connectivity index (χ0v) is 22.7. The van der Waals surface area contributed by atoms with E-state index < -0.39 is 16.6 Å². The average Bonchev–Trinajstić information content (AvgIpc) is 2.57. The van der Waals surface area contributed by atoms with Crippen molar-refractivity contribution in [2.45, 2.75) is 91.0 Å². The van der Waals surface area contributed by atoms with Crippen molar-refractivity contribution in [3.05, 3.63) is 44.9 Å². The lowest BCUT2D eigenvalue weighted by Gasteiger charge is -2.37. The quantitative estimate of drug-likeness (QED) is 0.433. The van der Waals surface area contributed by atoms with Crippen molar-refractivity contribution < 1.29 is 8.85 Å².